The average molecular weight is 391 g/mol. The number of amides is 2. The second-order valence-electron chi connectivity index (χ2n) is 9.48. The van der Waals surface area contributed by atoms with Crippen LogP contribution in [0.4, 0.5) is 0 Å². The van der Waals surface area contributed by atoms with Gasteiger partial charge in [-0.3, -0.25) is 9.59 Å². The summed E-state index contributed by atoms with van der Waals surface area (Å²) in [5, 5.41) is 5.28. The second kappa shape index (κ2) is 7.47. The van der Waals surface area contributed by atoms with E-state index in [9.17, 15) is 9.59 Å². The Morgan fingerprint density at radius 3 is 2.41 bits per heavy atom. The summed E-state index contributed by atoms with van der Waals surface area (Å²) in [6.07, 6.45) is 9.49. The predicted molar refractivity (Wildman–Crippen MR) is 115 cm³/mol. The summed E-state index contributed by atoms with van der Waals surface area (Å²) in [7, 11) is 0. The van der Waals surface area contributed by atoms with Gasteiger partial charge in [0.15, 0.2) is 0 Å². The van der Waals surface area contributed by atoms with Gasteiger partial charge in [0.2, 0.25) is 5.91 Å². The molecule has 2 amide bonds. The molecule has 1 spiro atoms. The molecule has 4 nitrogen and oxygen atoms in total. The number of hydrogen-bond acceptors (Lipinski definition) is 2. The van der Waals surface area contributed by atoms with Crippen LogP contribution >= 0.6 is 0 Å². The molecule has 29 heavy (non-hydrogen) atoms. The molecule has 0 radical (unpaired) electrons. The molecule has 1 saturated heterocycles. The van der Waals surface area contributed by atoms with Crippen LogP contribution in [0.15, 0.2) is 42.5 Å². The second-order valence-corrected chi connectivity index (χ2v) is 9.48. The van der Waals surface area contributed by atoms with Crippen LogP contribution in [0.3, 0.4) is 0 Å². The zero-order valence-corrected chi connectivity index (χ0v) is 17.0. The number of carbonyl (C=O) groups excluding carboxylic acids is 2. The number of benzene rings is 2. The number of fused-ring (bicyclic) bond motifs is 1. The van der Waals surface area contributed by atoms with Crippen molar-refractivity contribution in [2.75, 3.05) is 13.1 Å². The van der Waals surface area contributed by atoms with E-state index in [2.05, 4.69) is 5.32 Å². The molecule has 1 unspecified atom stereocenters. The van der Waals surface area contributed by atoms with Gasteiger partial charge in [-0.1, -0.05) is 36.8 Å². The van der Waals surface area contributed by atoms with E-state index in [4.69, 9.17) is 0 Å². The van der Waals surface area contributed by atoms with E-state index in [-0.39, 0.29) is 11.8 Å². The van der Waals surface area contributed by atoms with Crippen LogP contribution in [-0.4, -0.2) is 35.8 Å². The standard InChI is InChI=1S/C25H30N2O2/c28-23(21-9-8-19-6-1-2-7-20(19)15-21)26-22(24(29)27-12-3-4-13-27)14-18-16-25(17-18)10-5-11-25/h1-2,6-9,15,18,22H,3-5,10-14,16-17H2,(H,26,28). The molecule has 5 rings (SSSR count). The molecule has 1 N–H and O–H groups in total. The van der Waals surface area contributed by atoms with Crippen molar-refractivity contribution in [2.24, 2.45) is 11.3 Å². The molecular formula is C25H30N2O2. The number of carbonyl (C=O) groups is 2. The molecule has 4 heteroatoms. The van der Waals surface area contributed by atoms with Gasteiger partial charge in [0.1, 0.15) is 6.04 Å². The first-order valence-electron chi connectivity index (χ1n) is 11.2. The lowest BCUT2D eigenvalue weighted by molar-refractivity contribution is -0.133. The molecule has 0 aromatic heterocycles. The van der Waals surface area contributed by atoms with Crippen molar-refractivity contribution in [3.8, 4) is 0 Å². The maximum Gasteiger partial charge on any atom is 0.251 e. The van der Waals surface area contributed by atoms with Crippen molar-refractivity contribution in [2.45, 2.75) is 57.4 Å². The van der Waals surface area contributed by atoms with Crippen molar-refractivity contribution >= 4 is 22.6 Å². The maximum atomic E-state index is 13.2. The minimum absolute atomic E-state index is 0.117. The zero-order valence-electron chi connectivity index (χ0n) is 17.0. The normalized spacial score (nSPS) is 21.6. The summed E-state index contributed by atoms with van der Waals surface area (Å²) in [5.74, 6) is 0.556. The first kappa shape index (κ1) is 18.7. The van der Waals surface area contributed by atoms with Crippen molar-refractivity contribution in [1.82, 2.24) is 10.2 Å². The van der Waals surface area contributed by atoms with Gasteiger partial charge in [-0.2, -0.15) is 0 Å². The van der Waals surface area contributed by atoms with Gasteiger partial charge in [-0.25, -0.2) is 0 Å². The Bertz CT molecular complexity index is 919. The third-order valence-electron chi connectivity index (χ3n) is 7.46. The molecule has 1 heterocycles. The Balaban J connectivity index is 1.30. The predicted octanol–water partition coefficient (Wildman–Crippen LogP) is 4.53. The minimum Gasteiger partial charge on any atom is -0.341 e. The Hall–Kier alpha value is -2.36. The van der Waals surface area contributed by atoms with E-state index in [1.54, 1.807) is 0 Å². The smallest absolute Gasteiger partial charge is 0.251 e. The molecule has 3 aliphatic rings. The Kier molecular flexibility index (Phi) is 4.81. The van der Waals surface area contributed by atoms with E-state index in [1.807, 2.05) is 47.4 Å². The molecule has 152 valence electrons. The molecule has 2 aromatic carbocycles. The lowest BCUT2D eigenvalue weighted by Gasteiger charge is -2.55. The highest BCUT2D eigenvalue weighted by Crippen LogP contribution is 2.59. The third-order valence-corrected chi connectivity index (χ3v) is 7.46. The first-order chi connectivity index (χ1) is 14.1. The van der Waals surface area contributed by atoms with Gasteiger partial charge >= 0.3 is 0 Å². The fraction of sp³-hybridized carbons (Fsp3) is 0.520. The monoisotopic (exact) mass is 390 g/mol. The van der Waals surface area contributed by atoms with E-state index in [0.717, 1.165) is 43.1 Å². The van der Waals surface area contributed by atoms with Crippen LogP contribution in [0.1, 0.15) is 61.7 Å². The van der Waals surface area contributed by atoms with E-state index >= 15 is 0 Å². The van der Waals surface area contributed by atoms with Gasteiger partial charge in [-0.05, 0) is 79.2 Å². The summed E-state index contributed by atoms with van der Waals surface area (Å²) in [6.45, 7) is 1.66. The maximum absolute atomic E-state index is 13.2. The van der Waals surface area contributed by atoms with E-state index in [1.165, 1.54) is 32.1 Å². The van der Waals surface area contributed by atoms with E-state index in [0.29, 0.717) is 16.9 Å². The largest absolute Gasteiger partial charge is 0.341 e. The highest BCUT2D eigenvalue weighted by atomic mass is 16.2. The molecule has 3 fully saturated rings. The van der Waals surface area contributed by atoms with Crippen LogP contribution in [0.5, 0.6) is 0 Å². The van der Waals surface area contributed by atoms with Gasteiger partial charge in [-0.15, -0.1) is 0 Å². The van der Waals surface area contributed by atoms with Gasteiger partial charge in [0.25, 0.3) is 5.91 Å². The zero-order chi connectivity index (χ0) is 19.8. The van der Waals surface area contributed by atoms with Crippen molar-refractivity contribution < 1.29 is 9.59 Å². The van der Waals surface area contributed by atoms with Crippen molar-refractivity contribution in [3.63, 3.8) is 0 Å². The molecule has 0 bridgehead atoms. The van der Waals surface area contributed by atoms with E-state index < -0.39 is 6.04 Å². The van der Waals surface area contributed by atoms with Gasteiger partial charge in [0, 0.05) is 18.7 Å². The van der Waals surface area contributed by atoms with Crippen LogP contribution in [0.25, 0.3) is 10.8 Å². The SMILES string of the molecule is O=C(NC(CC1CC2(CCC2)C1)C(=O)N1CCCC1)c1ccc2ccccc2c1. The lowest BCUT2D eigenvalue weighted by atomic mass is 9.51. The first-order valence-corrected chi connectivity index (χ1v) is 11.2. The van der Waals surface area contributed by atoms with Gasteiger partial charge < -0.3 is 10.2 Å². The number of rotatable bonds is 5. The van der Waals surface area contributed by atoms with Gasteiger partial charge in [0.05, 0.1) is 0 Å². The summed E-state index contributed by atoms with van der Waals surface area (Å²) >= 11 is 0. The highest BCUT2D eigenvalue weighted by molar-refractivity contribution is 6.00. The summed E-state index contributed by atoms with van der Waals surface area (Å²) in [4.78, 5) is 28.1. The Morgan fingerprint density at radius 2 is 1.72 bits per heavy atom. The summed E-state index contributed by atoms with van der Waals surface area (Å²) < 4.78 is 0. The molecule has 1 aliphatic heterocycles. The summed E-state index contributed by atoms with van der Waals surface area (Å²) in [6, 6.07) is 13.4. The Morgan fingerprint density at radius 1 is 1.00 bits per heavy atom. The average Bonchev–Trinajstić information content (AvgIpc) is 3.21. The van der Waals surface area contributed by atoms with Crippen LogP contribution in [0.2, 0.25) is 0 Å². The minimum atomic E-state index is -0.394. The fourth-order valence-corrected chi connectivity index (χ4v) is 5.70. The highest BCUT2D eigenvalue weighted by Gasteiger charge is 2.49. The van der Waals surface area contributed by atoms with Crippen molar-refractivity contribution in [1.29, 1.82) is 0 Å². The molecule has 1 atom stereocenters. The summed E-state index contributed by atoms with van der Waals surface area (Å²) in [5.41, 5.74) is 1.22. The van der Waals surface area contributed by atoms with Crippen LogP contribution in [0, 0.1) is 11.3 Å². The molecule has 2 saturated carbocycles. The fourth-order valence-electron chi connectivity index (χ4n) is 5.70. The topological polar surface area (TPSA) is 49.4 Å². The third kappa shape index (κ3) is 3.65. The number of likely N-dealkylation sites (tertiary alicyclic amines) is 1. The molecule has 2 aliphatic carbocycles. The molecule has 2 aromatic rings. The Labute approximate surface area is 172 Å². The van der Waals surface area contributed by atoms with Crippen LogP contribution in [-0.2, 0) is 4.79 Å². The molecular weight excluding hydrogens is 360 g/mol. The van der Waals surface area contributed by atoms with Crippen LogP contribution < -0.4 is 5.32 Å². The number of nitrogens with one attached hydrogen (secondary N) is 1. The lowest BCUT2D eigenvalue weighted by Crippen LogP contribution is -2.51. The van der Waals surface area contributed by atoms with Crippen molar-refractivity contribution in [3.05, 3.63) is 48.0 Å². The quantitative estimate of drug-likeness (QED) is 0.815. The number of hydrogen-bond donors (Lipinski definition) is 1. The number of nitrogens with zero attached hydrogens (tertiary/aromatic N) is 1.